The summed E-state index contributed by atoms with van der Waals surface area (Å²) >= 11 is 1.72. The quantitative estimate of drug-likeness (QED) is 0.785. The number of aliphatic hydroxyl groups is 1. The van der Waals surface area contributed by atoms with E-state index in [4.69, 9.17) is 0 Å². The molecule has 5 nitrogen and oxygen atoms in total. The van der Waals surface area contributed by atoms with Crippen LogP contribution >= 0.6 is 11.3 Å². The third kappa shape index (κ3) is 3.63. The summed E-state index contributed by atoms with van der Waals surface area (Å²) < 4.78 is 0. The van der Waals surface area contributed by atoms with Crippen LogP contribution in [0.1, 0.15) is 32.1 Å². The van der Waals surface area contributed by atoms with Gasteiger partial charge < -0.3 is 15.3 Å². The number of rotatable bonds is 8. The smallest absolute Gasteiger partial charge is 0.226 e. The molecule has 2 aromatic rings. The third-order valence-electron chi connectivity index (χ3n) is 3.27. The van der Waals surface area contributed by atoms with Gasteiger partial charge in [-0.25, -0.2) is 4.98 Å². The molecular formula is C15H24N4OS. The first-order chi connectivity index (χ1) is 10.2. The molecule has 6 heteroatoms. The fourth-order valence-corrected chi connectivity index (χ4v) is 3.28. The first-order valence-corrected chi connectivity index (χ1v) is 8.45. The van der Waals surface area contributed by atoms with Crippen LogP contribution in [-0.4, -0.2) is 41.3 Å². The molecule has 0 unspecified atom stereocenters. The normalized spacial score (nSPS) is 11.0. The first-order valence-electron chi connectivity index (χ1n) is 7.63. The van der Waals surface area contributed by atoms with E-state index in [1.807, 2.05) is 6.92 Å². The summed E-state index contributed by atoms with van der Waals surface area (Å²) in [6.45, 7) is 8.74. The Bertz CT molecular complexity index is 578. The van der Waals surface area contributed by atoms with Crippen LogP contribution in [0.25, 0.3) is 10.2 Å². The van der Waals surface area contributed by atoms with Gasteiger partial charge in [0.25, 0.3) is 0 Å². The number of fused-ring (bicyclic) bond motifs is 1. The van der Waals surface area contributed by atoms with Crippen molar-refractivity contribution in [3.63, 3.8) is 0 Å². The predicted octanol–water partition coefficient (Wildman–Crippen LogP) is 2.89. The topological polar surface area (TPSA) is 61.3 Å². The van der Waals surface area contributed by atoms with E-state index in [1.165, 1.54) is 4.88 Å². The Morgan fingerprint density at radius 1 is 1.24 bits per heavy atom. The van der Waals surface area contributed by atoms with Crippen molar-refractivity contribution in [3.8, 4) is 0 Å². The van der Waals surface area contributed by atoms with Gasteiger partial charge in [0.1, 0.15) is 10.6 Å². The summed E-state index contributed by atoms with van der Waals surface area (Å²) in [7, 11) is 0. The Hall–Kier alpha value is -1.40. The minimum Gasteiger partial charge on any atom is -0.395 e. The molecule has 0 radical (unpaired) electrons. The monoisotopic (exact) mass is 308 g/mol. The SMILES string of the molecule is CCCN(CCO)c1nc(NCC)nc2sc(CC)cc12. The highest BCUT2D eigenvalue weighted by Gasteiger charge is 2.16. The van der Waals surface area contributed by atoms with Crippen molar-refractivity contribution in [1.29, 1.82) is 0 Å². The van der Waals surface area contributed by atoms with Crippen LogP contribution in [0.15, 0.2) is 6.07 Å². The summed E-state index contributed by atoms with van der Waals surface area (Å²) in [5, 5.41) is 13.6. The number of aliphatic hydroxyl groups excluding tert-OH is 1. The van der Waals surface area contributed by atoms with Crippen molar-refractivity contribution in [1.82, 2.24) is 9.97 Å². The van der Waals surface area contributed by atoms with Gasteiger partial charge in [-0.15, -0.1) is 11.3 Å². The molecule has 0 aromatic carbocycles. The van der Waals surface area contributed by atoms with E-state index >= 15 is 0 Å². The lowest BCUT2D eigenvalue weighted by Crippen LogP contribution is -2.28. The number of thiophene rings is 1. The fraction of sp³-hybridized carbons (Fsp3) is 0.600. The van der Waals surface area contributed by atoms with Gasteiger partial charge in [-0.3, -0.25) is 0 Å². The summed E-state index contributed by atoms with van der Waals surface area (Å²) in [4.78, 5) is 13.8. The highest BCUT2D eigenvalue weighted by molar-refractivity contribution is 7.18. The number of nitrogens with zero attached hydrogens (tertiary/aromatic N) is 3. The molecule has 0 fully saturated rings. The summed E-state index contributed by atoms with van der Waals surface area (Å²) in [5.74, 6) is 1.60. The maximum absolute atomic E-state index is 9.32. The number of nitrogens with one attached hydrogen (secondary N) is 1. The number of aromatic nitrogens is 2. The number of anilines is 2. The van der Waals surface area contributed by atoms with Gasteiger partial charge in [0, 0.05) is 24.5 Å². The van der Waals surface area contributed by atoms with Crippen LogP contribution in [0, 0.1) is 0 Å². The maximum atomic E-state index is 9.32. The van der Waals surface area contributed by atoms with Crippen LogP contribution in [0.5, 0.6) is 0 Å². The first kappa shape index (κ1) is 16.0. The van der Waals surface area contributed by atoms with Crippen molar-refractivity contribution in [2.45, 2.75) is 33.6 Å². The zero-order chi connectivity index (χ0) is 15.2. The summed E-state index contributed by atoms with van der Waals surface area (Å²) in [5.41, 5.74) is 0. The maximum Gasteiger partial charge on any atom is 0.226 e. The average Bonchev–Trinajstić information content (AvgIpc) is 2.89. The molecule has 2 rings (SSSR count). The van der Waals surface area contributed by atoms with Crippen LogP contribution in [0.4, 0.5) is 11.8 Å². The van der Waals surface area contributed by atoms with Gasteiger partial charge in [0.05, 0.1) is 12.0 Å². The number of hydrogen-bond acceptors (Lipinski definition) is 6. The highest BCUT2D eigenvalue weighted by atomic mass is 32.1. The Kier molecular flexibility index (Phi) is 5.76. The molecular weight excluding hydrogens is 284 g/mol. The van der Waals surface area contributed by atoms with E-state index in [0.717, 1.165) is 42.0 Å². The van der Waals surface area contributed by atoms with E-state index in [-0.39, 0.29) is 6.61 Å². The molecule has 0 atom stereocenters. The Labute approximate surface area is 130 Å². The van der Waals surface area contributed by atoms with Crippen molar-refractivity contribution in [2.75, 3.05) is 36.5 Å². The lowest BCUT2D eigenvalue weighted by atomic mass is 10.2. The minimum absolute atomic E-state index is 0.132. The number of hydrogen-bond donors (Lipinski definition) is 2. The minimum atomic E-state index is 0.132. The molecule has 116 valence electrons. The second-order valence-electron chi connectivity index (χ2n) is 4.90. The molecule has 0 aliphatic heterocycles. The van der Waals surface area contributed by atoms with Crippen molar-refractivity contribution >= 4 is 33.3 Å². The van der Waals surface area contributed by atoms with Gasteiger partial charge in [-0.2, -0.15) is 4.98 Å². The van der Waals surface area contributed by atoms with E-state index in [1.54, 1.807) is 11.3 Å². The summed E-state index contributed by atoms with van der Waals surface area (Å²) in [6, 6.07) is 2.19. The van der Waals surface area contributed by atoms with E-state index in [9.17, 15) is 5.11 Å². The van der Waals surface area contributed by atoms with Crippen LogP contribution in [0.2, 0.25) is 0 Å². The highest BCUT2D eigenvalue weighted by Crippen LogP contribution is 2.32. The van der Waals surface area contributed by atoms with Gasteiger partial charge in [0.2, 0.25) is 5.95 Å². The van der Waals surface area contributed by atoms with Gasteiger partial charge in [0.15, 0.2) is 0 Å². The molecule has 0 saturated heterocycles. The molecule has 2 aromatic heterocycles. The van der Waals surface area contributed by atoms with E-state index in [2.05, 4.69) is 40.1 Å². The lowest BCUT2D eigenvalue weighted by molar-refractivity contribution is 0.301. The lowest BCUT2D eigenvalue weighted by Gasteiger charge is -2.23. The Morgan fingerprint density at radius 3 is 2.67 bits per heavy atom. The summed E-state index contributed by atoms with van der Waals surface area (Å²) in [6.07, 6.45) is 2.03. The molecule has 0 spiro atoms. The molecule has 2 N–H and O–H groups in total. The molecule has 0 amide bonds. The molecule has 0 aliphatic rings. The van der Waals surface area contributed by atoms with Crippen molar-refractivity contribution < 1.29 is 5.11 Å². The third-order valence-corrected chi connectivity index (χ3v) is 4.44. The van der Waals surface area contributed by atoms with Crippen LogP contribution < -0.4 is 10.2 Å². The molecule has 2 heterocycles. The second kappa shape index (κ2) is 7.56. The van der Waals surface area contributed by atoms with Gasteiger partial charge in [-0.1, -0.05) is 13.8 Å². The van der Waals surface area contributed by atoms with Crippen molar-refractivity contribution in [2.24, 2.45) is 0 Å². The molecule has 0 bridgehead atoms. The number of aryl methyl sites for hydroxylation is 1. The van der Waals surface area contributed by atoms with Crippen LogP contribution in [0.3, 0.4) is 0 Å². The standard InChI is InChI=1S/C15H24N4OS/c1-4-7-19(8-9-20)13-12-10-11(5-2)21-14(12)18-15(17-13)16-6-3/h10,20H,4-9H2,1-3H3,(H,16,17,18). The second-order valence-corrected chi connectivity index (χ2v) is 6.01. The van der Waals surface area contributed by atoms with Crippen molar-refractivity contribution in [3.05, 3.63) is 10.9 Å². The Morgan fingerprint density at radius 2 is 2.05 bits per heavy atom. The zero-order valence-electron chi connectivity index (χ0n) is 13.0. The van der Waals surface area contributed by atoms with E-state index < -0.39 is 0 Å². The zero-order valence-corrected chi connectivity index (χ0v) is 13.8. The molecule has 0 saturated carbocycles. The average molecular weight is 308 g/mol. The largest absolute Gasteiger partial charge is 0.395 e. The van der Waals surface area contributed by atoms with E-state index in [0.29, 0.717) is 12.5 Å². The van der Waals surface area contributed by atoms with Crippen LogP contribution in [-0.2, 0) is 6.42 Å². The van der Waals surface area contributed by atoms with Gasteiger partial charge >= 0.3 is 0 Å². The predicted molar refractivity (Wildman–Crippen MR) is 90.5 cm³/mol. The fourth-order valence-electron chi connectivity index (χ4n) is 2.32. The molecule has 21 heavy (non-hydrogen) atoms. The van der Waals surface area contributed by atoms with Gasteiger partial charge in [-0.05, 0) is 25.8 Å². The Balaban J connectivity index is 2.53. The molecule has 0 aliphatic carbocycles.